The van der Waals surface area contributed by atoms with Crippen LogP contribution in [-0.4, -0.2) is 46.1 Å². The van der Waals surface area contributed by atoms with E-state index in [0.29, 0.717) is 36.8 Å². The normalized spacial score (nSPS) is 14.2. The van der Waals surface area contributed by atoms with E-state index in [4.69, 9.17) is 9.26 Å². The van der Waals surface area contributed by atoms with Crippen molar-refractivity contribution in [3.63, 3.8) is 0 Å². The van der Waals surface area contributed by atoms with Crippen LogP contribution >= 0.6 is 11.3 Å². The van der Waals surface area contributed by atoms with Gasteiger partial charge in [0.1, 0.15) is 5.75 Å². The van der Waals surface area contributed by atoms with Crippen LogP contribution in [0.15, 0.2) is 52.5 Å². The van der Waals surface area contributed by atoms with E-state index in [-0.39, 0.29) is 11.8 Å². The van der Waals surface area contributed by atoms with Gasteiger partial charge < -0.3 is 14.2 Å². The first-order valence-corrected chi connectivity index (χ1v) is 10.2. The van der Waals surface area contributed by atoms with Crippen molar-refractivity contribution < 1.29 is 14.1 Å². The Morgan fingerprint density at radius 3 is 3.00 bits per heavy atom. The zero-order valence-corrected chi connectivity index (χ0v) is 16.6. The molecule has 2 aromatic carbocycles. The number of ether oxygens (including phenoxy) is 1. The Hall–Kier alpha value is -3.26. The Labute approximate surface area is 170 Å². The Morgan fingerprint density at radius 1 is 1.28 bits per heavy atom. The topological polar surface area (TPSA) is 81.4 Å². The van der Waals surface area contributed by atoms with Gasteiger partial charge in [0.25, 0.3) is 5.91 Å². The third-order valence-electron chi connectivity index (χ3n) is 5.12. The van der Waals surface area contributed by atoms with Crippen LogP contribution in [-0.2, 0) is 6.42 Å². The van der Waals surface area contributed by atoms with Crippen LogP contribution in [0, 0.1) is 0 Å². The minimum atomic E-state index is 0.0188. The van der Waals surface area contributed by atoms with E-state index in [2.05, 4.69) is 15.1 Å². The molecule has 0 saturated carbocycles. The Balaban J connectivity index is 1.23. The first kappa shape index (κ1) is 17.8. The number of carbonyl (C=O) groups is 1. The third-order valence-corrected chi connectivity index (χ3v) is 5.91. The van der Waals surface area contributed by atoms with Crippen molar-refractivity contribution in [1.29, 1.82) is 0 Å². The molecule has 7 nitrogen and oxygen atoms in total. The molecule has 1 amide bonds. The van der Waals surface area contributed by atoms with Gasteiger partial charge in [0.05, 0.1) is 28.8 Å². The van der Waals surface area contributed by atoms with E-state index in [1.54, 1.807) is 17.5 Å². The molecular weight excluding hydrogens is 388 g/mol. The van der Waals surface area contributed by atoms with Crippen molar-refractivity contribution in [3.05, 3.63) is 70.8 Å². The molecule has 8 heteroatoms. The van der Waals surface area contributed by atoms with Crippen molar-refractivity contribution in [3.8, 4) is 5.75 Å². The Morgan fingerprint density at radius 2 is 2.14 bits per heavy atom. The number of methoxy groups -OCH3 is 1. The number of thiazole rings is 1. The van der Waals surface area contributed by atoms with Gasteiger partial charge in [0.2, 0.25) is 5.89 Å². The summed E-state index contributed by atoms with van der Waals surface area (Å²) in [6.45, 7) is 1.16. The molecule has 1 fully saturated rings. The molecule has 0 radical (unpaired) electrons. The molecule has 1 aliphatic heterocycles. The summed E-state index contributed by atoms with van der Waals surface area (Å²) in [5, 5.41) is 4.10. The number of hydrogen-bond acceptors (Lipinski definition) is 7. The number of carbonyl (C=O) groups excluding carboxylic acids is 1. The quantitative estimate of drug-likeness (QED) is 0.504. The number of benzene rings is 2. The molecule has 0 N–H and O–H groups in total. The molecule has 0 atom stereocenters. The standard InChI is InChI=1S/C21H18N4O3S/c1-27-17-5-3-2-4-13(17)9-19-23-20(28-24-19)15-10-25(11-15)21(26)14-6-7-16-18(8-14)29-12-22-16/h2-8,12,15H,9-11H2,1H3. The molecule has 1 saturated heterocycles. The van der Waals surface area contributed by atoms with Crippen molar-refractivity contribution in [2.75, 3.05) is 20.2 Å². The van der Waals surface area contributed by atoms with Gasteiger partial charge >= 0.3 is 0 Å². The van der Waals surface area contributed by atoms with Gasteiger partial charge in [0.15, 0.2) is 5.82 Å². The van der Waals surface area contributed by atoms with Gasteiger partial charge in [-0.2, -0.15) is 4.98 Å². The summed E-state index contributed by atoms with van der Waals surface area (Å²) in [6.07, 6.45) is 0.539. The summed E-state index contributed by atoms with van der Waals surface area (Å²) < 4.78 is 11.8. The van der Waals surface area contributed by atoms with E-state index in [1.165, 1.54) is 11.3 Å². The predicted octanol–water partition coefficient (Wildman–Crippen LogP) is 3.52. The minimum Gasteiger partial charge on any atom is -0.496 e. The largest absolute Gasteiger partial charge is 0.496 e. The van der Waals surface area contributed by atoms with Crippen LogP contribution in [0.1, 0.15) is 33.6 Å². The lowest BCUT2D eigenvalue weighted by Gasteiger charge is -2.37. The van der Waals surface area contributed by atoms with Gasteiger partial charge in [-0.3, -0.25) is 4.79 Å². The molecule has 2 aromatic heterocycles. The van der Waals surface area contributed by atoms with Crippen molar-refractivity contribution in [1.82, 2.24) is 20.0 Å². The maximum atomic E-state index is 12.7. The maximum Gasteiger partial charge on any atom is 0.253 e. The van der Waals surface area contributed by atoms with E-state index in [1.807, 2.05) is 42.5 Å². The third kappa shape index (κ3) is 3.36. The lowest BCUT2D eigenvalue weighted by molar-refractivity contribution is 0.0569. The number of likely N-dealkylation sites (tertiary alicyclic amines) is 1. The van der Waals surface area contributed by atoms with E-state index >= 15 is 0 Å². The number of amides is 1. The number of aromatic nitrogens is 3. The first-order valence-electron chi connectivity index (χ1n) is 9.28. The highest BCUT2D eigenvalue weighted by Gasteiger charge is 2.36. The number of rotatable bonds is 5. The fourth-order valence-corrected chi connectivity index (χ4v) is 4.21. The van der Waals surface area contributed by atoms with Crippen molar-refractivity contribution in [2.24, 2.45) is 0 Å². The predicted molar refractivity (Wildman–Crippen MR) is 108 cm³/mol. The average Bonchev–Trinajstić information content (AvgIpc) is 3.36. The second-order valence-corrected chi connectivity index (χ2v) is 7.87. The zero-order chi connectivity index (χ0) is 19.8. The van der Waals surface area contributed by atoms with E-state index < -0.39 is 0 Å². The van der Waals surface area contributed by atoms with Crippen LogP contribution in [0.2, 0.25) is 0 Å². The first-order chi connectivity index (χ1) is 14.2. The Kier molecular flexibility index (Phi) is 4.48. The second kappa shape index (κ2) is 7.29. The van der Waals surface area contributed by atoms with E-state index in [0.717, 1.165) is 21.5 Å². The van der Waals surface area contributed by atoms with Gasteiger partial charge in [0, 0.05) is 30.6 Å². The zero-order valence-electron chi connectivity index (χ0n) is 15.7. The van der Waals surface area contributed by atoms with E-state index in [9.17, 15) is 4.79 Å². The summed E-state index contributed by atoms with van der Waals surface area (Å²) in [5.41, 5.74) is 4.40. The molecule has 1 aliphatic rings. The molecule has 29 heavy (non-hydrogen) atoms. The molecule has 0 bridgehead atoms. The lowest BCUT2D eigenvalue weighted by atomic mass is 9.98. The molecule has 146 valence electrons. The Bertz CT molecular complexity index is 1180. The molecular formula is C21H18N4O3S. The van der Waals surface area contributed by atoms with Crippen molar-refractivity contribution in [2.45, 2.75) is 12.3 Å². The summed E-state index contributed by atoms with van der Waals surface area (Å²) in [7, 11) is 1.65. The van der Waals surface area contributed by atoms with Gasteiger partial charge in [-0.05, 0) is 24.3 Å². The van der Waals surface area contributed by atoms with Gasteiger partial charge in [-0.25, -0.2) is 4.98 Å². The number of para-hydroxylation sites is 1. The second-order valence-electron chi connectivity index (χ2n) is 6.98. The fraction of sp³-hybridized carbons (Fsp3) is 0.238. The highest BCUT2D eigenvalue weighted by atomic mass is 32.1. The summed E-state index contributed by atoms with van der Waals surface area (Å²) >= 11 is 1.54. The summed E-state index contributed by atoms with van der Waals surface area (Å²) in [4.78, 5) is 23.3. The summed E-state index contributed by atoms with van der Waals surface area (Å²) in [6, 6.07) is 13.4. The molecule has 0 unspecified atom stereocenters. The van der Waals surface area contributed by atoms with Crippen molar-refractivity contribution >= 4 is 27.5 Å². The minimum absolute atomic E-state index is 0.0188. The molecule has 4 aromatic rings. The van der Waals surface area contributed by atoms with Gasteiger partial charge in [-0.1, -0.05) is 23.4 Å². The number of hydrogen-bond donors (Lipinski definition) is 0. The number of fused-ring (bicyclic) bond motifs is 1. The smallest absolute Gasteiger partial charge is 0.253 e. The maximum absolute atomic E-state index is 12.7. The van der Waals surface area contributed by atoms with Gasteiger partial charge in [-0.15, -0.1) is 11.3 Å². The average molecular weight is 406 g/mol. The lowest BCUT2D eigenvalue weighted by Crippen LogP contribution is -2.48. The number of nitrogens with zero attached hydrogens (tertiary/aromatic N) is 4. The fourth-order valence-electron chi connectivity index (χ4n) is 3.50. The van der Waals surface area contributed by atoms with Crippen LogP contribution in [0.25, 0.3) is 10.2 Å². The summed E-state index contributed by atoms with van der Waals surface area (Å²) in [5.74, 6) is 2.09. The van der Waals surface area contributed by atoms with Crippen LogP contribution < -0.4 is 4.74 Å². The molecule has 0 spiro atoms. The highest BCUT2D eigenvalue weighted by Crippen LogP contribution is 2.29. The monoisotopic (exact) mass is 406 g/mol. The SMILES string of the molecule is COc1ccccc1Cc1noc(C2CN(C(=O)c3ccc4ncsc4c3)C2)n1. The molecule has 5 rings (SSSR count). The van der Waals surface area contributed by atoms with Crippen LogP contribution in [0.5, 0.6) is 5.75 Å². The highest BCUT2D eigenvalue weighted by molar-refractivity contribution is 7.16. The molecule has 3 heterocycles. The van der Waals surface area contributed by atoms with Crippen LogP contribution in [0.3, 0.4) is 0 Å². The van der Waals surface area contributed by atoms with Crippen LogP contribution in [0.4, 0.5) is 0 Å². The molecule has 0 aliphatic carbocycles.